The lowest BCUT2D eigenvalue weighted by Crippen LogP contribution is -2.16. The second-order valence-electron chi connectivity index (χ2n) is 23.6. The van der Waals surface area contributed by atoms with Crippen LogP contribution in [-0.2, 0) is 75.8 Å². The molecule has 6 aliphatic rings. The van der Waals surface area contributed by atoms with Gasteiger partial charge in [0.15, 0.2) is 69.3 Å². The van der Waals surface area contributed by atoms with Crippen molar-refractivity contribution in [2.75, 3.05) is 264 Å². The van der Waals surface area contributed by atoms with E-state index in [4.69, 9.17) is 144 Å². The molecule has 9 heterocycles. The van der Waals surface area contributed by atoms with Crippen LogP contribution in [0.5, 0.6) is 46.0 Å². The van der Waals surface area contributed by atoms with Gasteiger partial charge in [-0.15, -0.1) is 0 Å². The minimum absolute atomic E-state index is 0.167. The average molecular weight is 1450 g/mol. The SMILES string of the molecule is c1c2c(cc3c1-c1nc-3nc3[nH]c(nc4nc(nc5[nH]c(n1)c1cc6c(cc51)OCCOCCOCCOCCOCCO6)-c1cc5c(cc1-4)OCCOCCOCCOCCOCCO5)c1cc4c(cc31)OCCOCCOCCOCCOCCO4)OCCOCCOCCOCCOCCO2. The summed E-state index contributed by atoms with van der Waals surface area (Å²) in [7, 11) is 0. The van der Waals surface area contributed by atoms with Crippen molar-refractivity contribution >= 4 is 44.1 Å². The number of benzene rings is 4. The number of hydrogen-bond acceptors (Lipinski definition) is 30. The fourth-order valence-electron chi connectivity index (χ4n) is 11.4. The normalized spacial score (nSPS) is 19.5. The lowest BCUT2D eigenvalue weighted by Gasteiger charge is -2.15. The highest BCUT2D eigenvalue weighted by atomic mass is 16.6. The summed E-state index contributed by atoms with van der Waals surface area (Å²) in [5.74, 6) is 4.22. The van der Waals surface area contributed by atoms with Gasteiger partial charge >= 0.3 is 0 Å². The number of nitrogens with zero attached hydrogens (tertiary/aromatic N) is 6. The Morgan fingerprint density at radius 1 is 0.163 bits per heavy atom. The first-order valence-corrected chi connectivity index (χ1v) is 35.5. The predicted molar refractivity (Wildman–Crippen MR) is 373 cm³/mol. The minimum Gasteiger partial charge on any atom is -0.487 e. The third-order valence-corrected chi connectivity index (χ3v) is 16.4. The van der Waals surface area contributed by atoms with Crippen molar-refractivity contribution < 1.29 is 114 Å². The zero-order chi connectivity index (χ0) is 70.4. The quantitative estimate of drug-likeness (QED) is 0.170. The monoisotopic (exact) mass is 1450 g/mol. The lowest BCUT2D eigenvalue weighted by atomic mass is 10.1. The summed E-state index contributed by atoms with van der Waals surface area (Å²) in [6, 6.07) is 14.8. The van der Waals surface area contributed by atoms with E-state index in [2.05, 4.69) is 9.97 Å². The van der Waals surface area contributed by atoms with Gasteiger partial charge < -0.3 is 124 Å². The molecule has 0 amide bonds. The number of nitrogens with one attached hydrogen (secondary N) is 2. The molecule has 3 aromatic heterocycles. The van der Waals surface area contributed by atoms with Crippen molar-refractivity contribution in [3.63, 3.8) is 0 Å². The molecule has 2 N–H and O–H groups in total. The number of fused-ring (bicyclic) bond motifs is 24. The third-order valence-electron chi connectivity index (χ3n) is 16.4. The van der Waals surface area contributed by atoms with Gasteiger partial charge in [-0.1, -0.05) is 0 Å². The van der Waals surface area contributed by atoms with Gasteiger partial charge in [-0.3, -0.25) is 0 Å². The van der Waals surface area contributed by atoms with E-state index >= 15 is 0 Å². The molecule has 6 aliphatic heterocycles. The molecule has 0 unspecified atom stereocenters. The molecule has 4 aromatic carbocycles. The number of hydrogen-bond donors (Lipinski definition) is 2. The highest BCUT2D eigenvalue weighted by Gasteiger charge is 2.29. The van der Waals surface area contributed by atoms with Gasteiger partial charge in [0.2, 0.25) is 0 Å². The van der Waals surface area contributed by atoms with Gasteiger partial charge in [-0.25, -0.2) is 29.9 Å². The highest BCUT2D eigenvalue weighted by molar-refractivity contribution is 6.08. The van der Waals surface area contributed by atoms with Crippen LogP contribution < -0.4 is 37.9 Å². The van der Waals surface area contributed by atoms with E-state index in [0.717, 1.165) is 0 Å². The Balaban J connectivity index is 1.02. The summed E-state index contributed by atoms with van der Waals surface area (Å²) in [5, 5.41) is 2.34. The molecule has 0 spiro atoms. The van der Waals surface area contributed by atoms with Crippen LogP contribution in [0.2, 0.25) is 0 Å². The second kappa shape index (κ2) is 40.5. The molecule has 562 valence electrons. The van der Waals surface area contributed by atoms with Gasteiger partial charge in [0.1, 0.15) is 75.4 Å². The Morgan fingerprint density at radius 2 is 0.298 bits per heavy atom. The van der Waals surface area contributed by atoms with Crippen LogP contribution in [0, 0.1) is 0 Å². The maximum Gasteiger partial charge on any atom is 0.164 e. The molecule has 13 rings (SSSR count). The van der Waals surface area contributed by atoms with E-state index in [0.29, 0.717) is 271 Å². The topological polar surface area (TPSA) is 330 Å². The maximum absolute atomic E-state index is 6.56. The Morgan fingerprint density at radius 3 is 0.452 bits per heavy atom. The fourth-order valence-corrected chi connectivity index (χ4v) is 11.4. The van der Waals surface area contributed by atoms with Gasteiger partial charge in [0.25, 0.3) is 0 Å². The van der Waals surface area contributed by atoms with E-state index < -0.39 is 0 Å². The molecule has 0 atom stereocenters. The van der Waals surface area contributed by atoms with Crippen molar-refractivity contribution in [2.24, 2.45) is 0 Å². The summed E-state index contributed by atoms with van der Waals surface area (Å²) in [4.78, 5) is 39.5. The average Bonchev–Trinajstić information content (AvgIpc) is 1.59. The van der Waals surface area contributed by atoms with Crippen LogP contribution in [0.3, 0.4) is 0 Å². The summed E-state index contributed by atoms with van der Waals surface area (Å²) in [6.07, 6.45) is 0. The van der Waals surface area contributed by atoms with Crippen molar-refractivity contribution in [1.82, 2.24) is 39.9 Å². The Labute approximate surface area is 599 Å². The summed E-state index contributed by atoms with van der Waals surface area (Å²) >= 11 is 0. The minimum atomic E-state index is 0.167. The zero-order valence-corrected chi connectivity index (χ0v) is 58.4. The molecule has 32 heteroatoms. The molecule has 32 nitrogen and oxygen atoms in total. The molecule has 0 fully saturated rings. The van der Waals surface area contributed by atoms with Crippen molar-refractivity contribution in [1.29, 1.82) is 0 Å². The Hall–Kier alpha value is -8.00. The molecular weight excluding hydrogens is 1360 g/mol. The maximum atomic E-state index is 6.56. The van der Waals surface area contributed by atoms with Crippen molar-refractivity contribution in [2.45, 2.75) is 0 Å². The smallest absolute Gasteiger partial charge is 0.164 e. The van der Waals surface area contributed by atoms with E-state index in [1.54, 1.807) is 0 Å². The van der Waals surface area contributed by atoms with Crippen LogP contribution in [0.4, 0.5) is 0 Å². The Bertz CT molecular complexity index is 3540. The summed E-state index contributed by atoms with van der Waals surface area (Å²) < 4.78 is 146. The predicted octanol–water partition coefficient (Wildman–Crippen LogP) is 6.22. The molecule has 8 bridgehead atoms. The summed E-state index contributed by atoms with van der Waals surface area (Å²) in [6.45, 7) is 12.7. The molecule has 0 saturated carbocycles. The van der Waals surface area contributed by atoms with E-state index in [9.17, 15) is 0 Å². The van der Waals surface area contributed by atoms with Crippen LogP contribution in [0.25, 0.3) is 89.7 Å². The zero-order valence-electron chi connectivity index (χ0n) is 58.4. The van der Waals surface area contributed by atoms with E-state index in [1.807, 2.05) is 48.5 Å². The van der Waals surface area contributed by atoms with Gasteiger partial charge in [0, 0.05) is 43.8 Å². The van der Waals surface area contributed by atoms with Crippen LogP contribution >= 0.6 is 0 Å². The first-order chi connectivity index (χ1) is 51.7. The number of aromatic nitrogens is 8. The lowest BCUT2D eigenvalue weighted by molar-refractivity contribution is -0.00841. The van der Waals surface area contributed by atoms with Crippen LogP contribution in [-0.4, -0.2) is 304 Å². The third kappa shape index (κ3) is 21.2. The standard InChI is InChI=1S/C72H90N8O24/c1-2-82-10-18-90-26-34-98-58-42-50-49(41-57(58)97-33-25-89-17-9-81-1)65-73-66(50)78-68-53-45-61-62(102-38-30-94-22-14-86-6-5-85-13-21-93-29-37-101-61)46-54(53)70(75-68)80-72-56-48-64-63(103-39-31-95-23-15-87-7-8-88-16-24-96-32-40-104-64)47-55(56)71(76-72)79-69-52-44-60-59(43-51(52)67(74-69)77-65)99-35-27-91-19-11-83-3-4-84-12-20-92-28-36-100-60/h41-48H,1-40H2,(H2,73,74,75,76,77,78,79,80). The first-order valence-electron chi connectivity index (χ1n) is 35.5. The number of rotatable bonds is 0. The second-order valence-corrected chi connectivity index (χ2v) is 23.6. The largest absolute Gasteiger partial charge is 0.487 e. The molecule has 0 aliphatic carbocycles. The van der Waals surface area contributed by atoms with Crippen LogP contribution in [0.15, 0.2) is 48.5 Å². The van der Waals surface area contributed by atoms with Crippen molar-refractivity contribution in [3.05, 3.63) is 48.5 Å². The van der Waals surface area contributed by atoms with Gasteiger partial charge in [-0.05, 0) is 48.5 Å². The summed E-state index contributed by atoms with van der Waals surface area (Å²) in [5.41, 5.74) is 3.61. The molecule has 0 saturated heterocycles. The van der Waals surface area contributed by atoms with Gasteiger partial charge in [-0.2, -0.15) is 0 Å². The van der Waals surface area contributed by atoms with Crippen LogP contribution in [0.1, 0.15) is 0 Å². The van der Waals surface area contributed by atoms with E-state index in [1.165, 1.54) is 0 Å². The number of aromatic amines is 2. The highest BCUT2D eigenvalue weighted by Crippen LogP contribution is 2.46. The molecule has 7 aromatic rings. The number of H-pyrrole nitrogens is 2. The number of ether oxygens (including phenoxy) is 24. The first kappa shape index (κ1) is 74.3. The molecular formula is C72H90N8O24. The van der Waals surface area contributed by atoms with E-state index in [-0.39, 0.29) is 129 Å². The Kier molecular flexibility index (Phi) is 28.9. The molecule has 0 radical (unpaired) electrons. The molecule has 104 heavy (non-hydrogen) atoms. The fraction of sp³-hybridized carbons (Fsp3) is 0.556. The van der Waals surface area contributed by atoms with Gasteiger partial charge in [0.05, 0.1) is 211 Å². The van der Waals surface area contributed by atoms with Crippen molar-refractivity contribution in [3.8, 4) is 91.5 Å².